The first-order valence-electron chi connectivity index (χ1n) is 12.0. The number of hydrogen-bond acceptors (Lipinski definition) is 1. The molecule has 2 aliphatic rings. The minimum Gasteiger partial charge on any atom is -0.406 e. The molecule has 1 unspecified atom stereocenters. The van der Waals surface area contributed by atoms with E-state index >= 15 is 0 Å². The predicted molar refractivity (Wildman–Crippen MR) is 126 cm³/mol. The van der Waals surface area contributed by atoms with Crippen LogP contribution in [0.1, 0.15) is 67.2 Å². The molecular weight excluding hydrogens is 421 g/mol. The second-order valence-electron chi connectivity index (χ2n) is 9.46. The summed E-state index contributed by atoms with van der Waals surface area (Å²) in [6.45, 7) is 3.85. The zero-order valence-corrected chi connectivity index (χ0v) is 19.0. The average Bonchev–Trinajstić information content (AvgIpc) is 2.81. The van der Waals surface area contributed by atoms with Gasteiger partial charge in [0.15, 0.2) is 0 Å². The van der Waals surface area contributed by atoms with Gasteiger partial charge in [-0.2, -0.15) is 0 Å². The molecule has 0 N–H and O–H groups in total. The number of rotatable bonds is 5. The molecule has 2 aliphatic carbocycles. The SMILES string of the molecule is C=CCCC1CCC(C2CCc3cc(C#Cc4ccc(OC(F)(F)F)cc4)ccc3C2)CC1. The standard InChI is InChI=1S/C29H31F3O/c1-2-3-4-21-7-12-24(13-8-21)26-16-15-25-19-23(9-14-27(25)20-26)6-5-22-10-17-28(18-11-22)33-29(30,31)32/h2,9-11,14,17-19,21,24,26H,1,3-4,7-8,12-13,15-16,20H2. The molecule has 0 bridgehead atoms. The van der Waals surface area contributed by atoms with Crippen LogP contribution in [0.25, 0.3) is 0 Å². The lowest BCUT2D eigenvalue weighted by Crippen LogP contribution is -2.26. The summed E-state index contributed by atoms with van der Waals surface area (Å²) in [6.07, 6.45) is 8.85. The fraction of sp³-hybridized carbons (Fsp3) is 0.448. The van der Waals surface area contributed by atoms with Crippen molar-refractivity contribution in [2.75, 3.05) is 0 Å². The van der Waals surface area contributed by atoms with Crippen molar-refractivity contribution in [1.82, 2.24) is 0 Å². The highest BCUT2D eigenvalue weighted by molar-refractivity contribution is 5.47. The quantitative estimate of drug-likeness (QED) is 0.331. The van der Waals surface area contributed by atoms with Gasteiger partial charge in [-0.15, -0.1) is 19.8 Å². The molecule has 33 heavy (non-hydrogen) atoms. The summed E-state index contributed by atoms with van der Waals surface area (Å²) in [5, 5.41) is 0. The van der Waals surface area contributed by atoms with Gasteiger partial charge in [-0.3, -0.25) is 0 Å². The molecule has 0 saturated heterocycles. The molecule has 2 aromatic rings. The van der Waals surface area contributed by atoms with E-state index in [1.165, 1.54) is 68.2 Å². The summed E-state index contributed by atoms with van der Waals surface area (Å²) in [5.41, 5.74) is 4.46. The normalized spacial score (nSPS) is 22.6. The maximum atomic E-state index is 12.3. The Labute approximate surface area is 195 Å². The van der Waals surface area contributed by atoms with Crippen molar-refractivity contribution >= 4 is 0 Å². The molecule has 1 nitrogen and oxygen atoms in total. The lowest BCUT2D eigenvalue weighted by molar-refractivity contribution is -0.274. The van der Waals surface area contributed by atoms with Crippen LogP contribution < -0.4 is 4.74 Å². The number of alkyl halides is 3. The zero-order valence-electron chi connectivity index (χ0n) is 19.0. The smallest absolute Gasteiger partial charge is 0.406 e. The molecule has 0 heterocycles. The Kier molecular flexibility index (Phi) is 7.48. The van der Waals surface area contributed by atoms with Gasteiger partial charge < -0.3 is 4.74 Å². The minimum absolute atomic E-state index is 0.235. The molecule has 0 amide bonds. The third-order valence-electron chi connectivity index (χ3n) is 7.25. The van der Waals surface area contributed by atoms with E-state index in [9.17, 15) is 13.2 Å². The van der Waals surface area contributed by atoms with Gasteiger partial charge in [0.25, 0.3) is 0 Å². The third kappa shape index (κ3) is 6.67. The Morgan fingerprint density at radius 3 is 2.27 bits per heavy atom. The molecular formula is C29H31F3O. The van der Waals surface area contributed by atoms with Gasteiger partial charge in [0.2, 0.25) is 0 Å². The topological polar surface area (TPSA) is 9.23 Å². The van der Waals surface area contributed by atoms with Gasteiger partial charge in [-0.1, -0.05) is 36.8 Å². The van der Waals surface area contributed by atoms with Crippen molar-refractivity contribution in [3.8, 4) is 17.6 Å². The largest absolute Gasteiger partial charge is 0.573 e. The van der Waals surface area contributed by atoms with E-state index in [-0.39, 0.29) is 5.75 Å². The first-order chi connectivity index (χ1) is 15.9. The Morgan fingerprint density at radius 1 is 0.879 bits per heavy atom. The minimum atomic E-state index is -4.68. The molecule has 1 saturated carbocycles. The molecule has 1 atom stereocenters. The van der Waals surface area contributed by atoms with Gasteiger partial charge >= 0.3 is 6.36 Å². The van der Waals surface area contributed by atoms with Crippen molar-refractivity contribution in [3.05, 3.63) is 77.4 Å². The van der Waals surface area contributed by atoms with E-state index in [2.05, 4.69) is 41.4 Å². The fourth-order valence-corrected chi connectivity index (χ4v) is 5.45. The first kappa shape index (κ1) is 23.5. The van der Waals surface area contributed by atoms with Crippen LogP contribution in [0.2, 0.25) is 0 Å². The van der Waals surface area contributed by atoms with Crippen molar-refractivity contribution < 1.29 is 17.9 Å². The molecule has 0 aromatic heterocycles. The van der Waals surface area contributed by atoms with Crippen LogP contribution in [-0.4, -0.2) is 6.36 Å². The van der Waals surface area contributed by atoms with Crippen LogP contribution >= 0.6 is 0 Å². The summed E-state index contributed by atoms with van der Waals surface area (Å²) in [6, 6.07) is 12.1. The van der Waals surface area contributed by atoms with E-state index < -0.39 is 6.36 Å². The number of ether oxygens (including phenoxy) is 1. The second-order valence-corrected chi connectivity index (χ2v) is 9.46. The summed E-state index contributed by atoms with van der Waals surface area (Å²) in [7, 11) is 0. The number of aryl methyl sites for hydroxylation is 1. The van der Waals surface area contributed by atoms with Crippen LogP contribution in [0.5, 0.6) is 5.75 Å². The van der Waals surface area contributed by atoms with Crippen LogP contribution in [0.15, 0.2) is 55.1 Å². The van der Waals surface area contributed by atoms with Gasteiger partial charge in [-0.05, 0) is 110 Å². The van der Waals surface area contributed by atoms with Gasteiger partial charge in [0, 0.05) is 11.1 Å². The van der Waals surface area contributed by atoms with E-state index in [0.29, 0.717) is 5.56 Å². The van der Waals surface area contributed by atoms with Crippen LogP contribution in [0.4, 0.5) is 13.2 Å². The van der Waals surface area contributed by atoms with Crippen molar-refractivity contribution in [3.63, 3.8) is 0 Å². The second kappa shape index (κ2) is 10.5. The number of fused-ring (bicyclic) bond motifs is 1. The van der Waals surface area contributed by atoms with Gasteiger partial charge in [0.1, 0.15) is 5.75 Å². The molecule has 174 valence electrons. The third-order valence-corrected chi connectivity index (χ3v) is 7.25. The number of hydrogen-bond donors (Lipinski definition) is 0. The maximum Gasteiger partial charge on any atom is 0.573 e. The monoisotopic (exact) mass is 452 g/mol. The molecule has 0 spiro atoms. The maximum absolute atomic E-state index is 12.3. The van der Waals surface area contributed by atoms with E-state index in [1.807, 2.05) is 6.08 Å². The highest BCUT2D eigenvalue weighted by Crippen LogP contribution is 2.40. The zero-order chi connectivity index (χ0) is 23.3. The molecule has 2 aromatic carbocycles. The highest BCUT2D eigenvalue weighted by atomic mass is 19.4. The summed E-state index contributed by atoms with van der Waals surface area (Å²) < 4.78 is 40.7. The fourth-order valence-electron chi connectivity index (χ4n) is 5.45. The lowest BCUT2D eigenvalue weighted by Gasteiger charge is -2.36. The lowest BCUT2D eigenvalue weighted by atomic mass is 9.69. The Bertz CT molecular complexity index is 1000. The highest BCUT2D eigenvalue weighted by Gasteiger charge is 2.31. The Hall–Kier alpha value is -2.67. The van der Waals surface area contributed by atoms with Crippen LogP contribution in [-0.2, 0) is 12.8 Å². The van der Waals surface area contributed by atoms with Crippen LogP contribution in [0, 0.1) is 29.6 Å². The Balaban J connectivity index is 1.34. The van der Waals surface area contributed by atoms with Crippen molar-refractivity contribution in [1.29, 1.82) is 0 Å². The van der Waals surface area contributed by atoms with E-state index in [4.69, 9.17) is 0 Å². The van der Waals surface area contributed by atoms with Crippen molar-refractivity contribution in [2.24, 2.45) is 17.8 Å². The number of halogens is 3. The molecule has 0 radical (unpaired) electrons. The van der Waals surface area contributed by atoms with E-state index in [1.54, 1.807) is 12.1 Å². The number of allylic oxidation sites excluding steroid dienone is 1. The summed E-state index contributed by atoms with van der Waals surface area (Å²) in [4.78, 5) is 0. The molecule has 0 aliphatic heterocycles. The first-order valence-corrected chi connectivity index (χ1v) is 12.0. The predicted octanol–water partition coefficient (Wildman–Crippen LogP) is 7.86. The van der Waals surface area contributed by atoms with E-state index in [0.717, 1.165) is 36.2 Å². The van der Waals surface area contributed by atoms with Gasteiger partial charge in [-0.25, -0.2) is 0 Å². The summed E-state index contributed by atoms with van der Waals surface area (Å²) >= 11 is 0. The summed E-state index contributed by atoms with van der Waals surface area (Å²) in [5.74, 6) is 8.52. The Morgan fingerprint density at radius 2 is 1.58 bits per heavy atom. The van der Waals surface area contributed by atoms with Crippen molar-refractivity contribution in [2.45, 2.75) is 64.1 Å². The number of benzene rings is 2. The average molecular weight is 453 g/mol. The molecule has 4 heteroatoms. The molecule has 4 rings (SSSR count). The van der Waals surface area contributed by atoms with Gasteiger partial charge in [0.05, 0.1) is 0 Å². The molecule has 1 fully saturated rings. The van der Waals surface area contributed by atoms with Crippen LogP contribution in [0.3, 0.4) is 0 Å².